The Morgan fingerprint density at radius 1 is 0.838 bits per heavy atom. The highest BCUT2D eigenvalue weighted by molar-refractivity contribution is 7.60. The normalized spacial score (nSPS) is 12.4. The van der Waals surface area contributed by atoms with E-state index >= 15 is 0 Å². The number of nitrogens with one attached hydrogen (secondary N) is 1. The van der Waals surface area contributed by atoms with E-state index in [2.05, 4.69) is 9.63 Å². The van der Waals surface area contributed by atoms with Crippen LogP contribution in [0.5, 0.6) is 0 Å². The van der Waals surface area contributed by atoms with Crippen molar-refractivity contribution in [3.05, 3.63) is 12.2 Å². The van der Waals surface area contributed by atoms with Crippen LogP contribution in [0.25, 0.3) is 0 Å². The first kappa shape index (κ1) is 42.0. The van der Waals surface area contributed by atoms with Crippen LogP contribution >= 0.6 is 23.5 Å². The molecule has 0 rings (SSSR count). The molecule has 37 heavy (non-hydrogen) atoms. The predicted molar refractivity (Wildman–Crippen MR) is 116 cm³/mol. The van der Waals surface area contributed by atoms with Gasteiger partial charge in [-0.3, -0.25) is 9.59 Å². The van der Waals surface area contributed by atoms with Crippen LogP contribution in [-0.4, -0.2) is 103 Å². The van der Waals surface area contributed by atoms with E-state index in [1.165, 1.54) is 13.8 Å². The number of rotatable bonds is 10. The molecule has 0 heterocycles. The summed E-state index contributed by atoms with van der Waals surface area (Å²) in [5.41, 5.74) is -0.937. The van der Waals surface area contributed by atoms with Gasteiger partial charge in [0.05, 0.1) is 13.0 Å². The van der Waals surface area contributed by atoms with Crippen molar-refractivity contribution < 1.29 is 97.0 Å². The highest BCUT2D eigenvalue weighted by Crippen LogP contribution is 2.53. The van der Waals surface area contributed by atoms with Crippen LogP contribution in [0.1, 0.15) is 20.3 Å². The van der Waals surface area contributed by atoms with Gasteiger partial charge in [0, 0.05) is 24.1 Å². The van der Waals surface area contributed by atoms with Crippen LogP contribution in [-0.2, 0) is 37.2 Å². The van der Waals surface area contributed by atoms with Crippen LogP contribution in [0.4, 0.5) is 0 Å². The number of phosphoric acid groups is 3. The number of aliphatic hydroxyl groups is 2. The predicted octanol–water partition coefficient (Wildman–Crippen LogP) is -3.07. The molecule has 0 aliphatic heterocycles. The van der Waals surface area contributed by atoms with Gasteiger partial charge in [0.15, 0.2) is 0 Å². The molecule has 0 fully saturated rings. The Bertz CT molecular complexity index is 853. The Morgan fingerprint density at radius 2 is 1.16 bits per heavy atom. The van der Waals surface area contributed by atoms with Crippen molar-refractivity contribution in [1.82, 2.24) is 5.32 Å². The Morgan fingerprint density at radius 3 is 1.35 bits per heavy atom. The smallest absolute Gasteiger partial charge is 0.478 e. The van der Waals surface area contributed by atoms with Gasteiger partial charge in [0.25, 0.3) is 0 Å². The fraction of sp³-hybridized carbons (Fsp3) is 0.538. The van der Waals surface area contributed by atoms with Gasteiger partial charge in [-0.05, 0) is 0 Å². The maximum atomic E-state index is 11.3. The van der Waals surface area contributed by atoms with Crippen LogP contribution in [0, 0.1) is 5.41 Å². The molecule has 13 N–H and O–H groups in total. The van der Waals surface area contributed by atoms with Gasteiger partial charge < -0.3 is 65.1 Å². The summed E-state index contributed by atoms with van der Waals surface area (Å²) in [6.07, 6.45) is -0.431. The SMILES string of the molecule is CC(C)(CO)C(O)C(=O)NCCC(=O)O.O=C(O)/C=C/C(=O)O.O=P(O)(O)O.O=P(O)(O)OP(=O)(O)O. The molecule has 0 bridgehead atoms. The molecule has 24 heteroatoms. The van der Waals surface area contributed by atoms with Gasteiger partial charge in [-0.2, -0.15) is 4.31 Å². The Labute approximate surface area is 207 Å². The number of carbonyl (C=O) groups is 4. The highest BCUT2D eigenvalue weighted by Gasteiger charge is 2.32. The van der Waals surface area contributed by atoms with Gasteiger partial charge in [-0.25, -0.2) is 23.3 Å². The molecule has 0 radical (unpaired) electrons. The number of carboxylic acids is 3. The Balaban J connectivity index is -0.000000213. The van der Waals surface area contributed by atoms with Crippen molar-refractivity contribution >= 4 is 47.3 Å². The largest absolute Gasteiger partial charge is 0.481 e. The maximum absolute atomic E-state index is 11.3. The fourth-order valence-corrected chi connectivity index (χ4v) is 2.22. The molecule has 0 aliphatic rings. The first-order valence-corrected chi connectivity index (χ1v) is 13.3. The lowest BCUT2D eigenvalue weighted by Crippen LogP contribution is -2.45. The zero-order chi connectivity index (χ0) is 30.8. The van der Waals surface area contributed by atoms with Crippen molar-refractivity contribution in [2.75, 3.05) is 13.2 Å². The number of aliphatic hydroxyl groups excluding tert-OH is 2. The molecule has 0 aliphatic carbocycles. The summed E-state index contributed by atoms with van der Waals surface area (Å²) in [6, 6.07) is 0. The van der Waals surface area contributed by atoms with Crippen LogP contribution in [0.3, 0.4) is 0 Å². The van der Waals surface area contributed by atoms with Crippen molar-refractivity contribution in [3.63, 3.8) is 0 Å². The molecule has 21 nitrogen and oxygen atoms in total. The molecule has 1 atom stereocenters. The summed E-state index contributed by atoms with van der Waals surface area (Å²) in [6.45, 7) is 2.70. The van der Waals surface area contributed by atoms with Crippen LogP contribution in [0.2, 0.25) is 0 Å². The molecule has 0 aromatic carbocycles. The zero-order valence-electron chi connectivity index (χ0n) is 18.8. The number of aliphatic carboxylic acids is 3. The topological polar surface area (TPSA) is 384 Å². The summed E-state index contributed by atoms with van der Waals surface area (Å²) in [5.74, 6) is -4.21. The van der Waals surface area contributed by atoms with Gasteiger partial charge in [0.1, 0.15) is 6.10 Å². The minimum Gasteiger partial charge on any atom is -0.481 e. The number of amides is 1. The fourth-order valence-electron chi connectivity index (χ4n) is 1.11. The van der Waals surface area contributed by atoms with Crippen molar-refractivity contribution in [2.24, 2.45) is 5.41 Å². The molecule has 0 aromatic heterocycles. The lowest BCUT2D eigenvalue weighted by molar-refractivity contribution is -0.139. The number of carboxylic acid groups (broad SMARTS) is 3. The molecular formula is C13H28NO20P3. The van der Waals surface area contributed by atoms with E-state index in [0.29, 0.717) is 12.2 Å². The Kier molecular flexibility index (Phi) is 21.6. The maximum Gasteiger partial charge on any atom is 0.478 e. The summed E-state index contributed by atoms with van der Waals surface area (Å²) in [5, 5.41) is 44.6. The molecule has 0 saturated heterocycles. The molecule has 0 aromatic rings. The number of hydrogen-bond donors (Lipinski definition) is 13. The monoisotopic (exact) mass is 611 g/mol. The van der Waals surface area contributed by atoms with Gasteiger partial charge in [-0.15, -0.1) is 0 Å². The van der Waals surface area contributed by atoms with Crippen molar-refractivity contribution in [2.45, 2.75) is 26.4 Å². The standard InChI is InChI=1S/C9H17NO5.C4H4O4.H4O7P2.H3O4P/c1-9(2,5-11)7(14)8(15)10-4-3-6(12)13;5-3(6)1-2-4(7)8;1-8(2,3)7-9(4,5)6;1-5(2,3)4/h7,11,14H,3-5H2,1-2H3,(H,10,15)(H,12,13);1-2H,(H,5,6)(H,7,8);(H2,1,2,3)(H2,4,5,6);(H3,1,2,3,4)/b;2-1+;;. The molecule has 220 valence electrons. The third kappa shape index (κ3) is 44.3. The van der Waals surface area contributed by atoms with Crippen LogP contribution in [0.15, 0.2) is 12.2 Å². The average molecular weight is 611 g/mol. The van der Waals surface area contributed by atoms with E-state index in [9.17, 15) is 33.4 Å². The van der Waals surface area contributed by atoms with E-state index in [1.54, 1.807) is 0 Å². The second kappa shape index (κ2) is 19.0. The molecule has 0 spiro atoms. The second-order valence-electron chi connectivity index (χ2n) is 6.57. The third-order valence-electron chi connectivity index (χ3n) is 2.62. The van der Waals surface area contributed by atoms with Gasteiger partial charge >= 0.3 is 41.4 Å². The molecule has 1 amide bonds. The number of carbonyl (C=O) groups excluding carboxylic acids is 1. The minimum atomic E-state index is -5.05. The quantitative estimate of drug-likeness (QED) is 0.0860. The third-order valence-corrected chi connectivity index (χ3v) is 4.32. The van der Waals surface area contributed by atoms with E-state index in [1.807, 2.05) is 0 Å². The summed E-state index contributed by atoms with van der Waals surface area (Å²) < 4.78 is 31.1. The van der Waals surface area contributed by atoms with E-state index in [-0.39, 0.29) is 19.6 Å². The lowest BCUT2D eigenvalue weighted by Gasteiger charge is -2.26. The first-order valence-electron chi connectivity index (χ1n) is 8.67. The highest BCUT2D eigenvalue weighted by atomic mass is 31.3. The van der Waals surface area contributed by atoms with Gasteiger partial charge in [-0.1, -0.05) is 13.8 Å². The second-order valence-corrected chi connectivity index (χ2v) is 10.2. The summed E-state index contributed by atoms with van der Waals surface area (Å²) >= 11 is 0. The molecule has 1 unspecified atom stereocenters. The molecular weight excluding hydrogens is 583 g/mol. The molecule has 0 saturated carbocycles. The van der Waals surface area contributed by atoms with E-state index in [4.69, 9.17) is 59.2 Å². The Hall–Kier alpha value is -2.09. The summed E-state index contributed by atoms with van der Waals surface area (Å²) in [4.78, 5) is 93.1. The van der Waals surface area contributed by atoms with Crippen molar-refractivity contribution in [3.8, 4) is 0 Å². The lowest BCUT2D eigenvalue weighted by atomic mass is 9.87. The van der Waals surface area contributed by atoms with E-state index in [0.717, 1.165) is 0 Å². The summed E-state index contributed by atoms with van der Waals surface area (Å²) in [7, 11) is -14.7. The number of hydrogen-bond acceptors (Lipinski definition) is 10. The van der Waals surface area contributed by atoms with Crippen LogP contribution < -0.4 is 5.32 Å². The zero-order valence-corrected chi connectivity index (χ0v) is 21.5. The van der Waals surface area contributed by atoms with E-state index < -0.39 is 58.8 Å². The average Bonchev–Trinajstić information content (AvgIpc) is 2.62. The van der Waals surface area contributed by atoms with Gasteiger partial charge in [0.2, 0.25) is 5.91 Å². The minimum absolute atomic E-state index is 0.0350. The first-order chi connectivity index (χ1) is 16.1. The van der Waals surface area contributed by atoms with Crippen molar-refractivity contribution in [1.29, 1.82) is 0 Å².